The minimum atomic E-state index is -0.937. The molecule has 2 heterocycles. The molecule has 4 rings (SSSR count). The number of aromatic nitrogens is 2. The van der Waals surface area contributed by atoms with Gasteiger partial charge in [0.25, 0.3) is 0 Å². The molecule has 3 aromatic rings. The van der Waals surface area contributed by atoms with Crippen LogP contribution in [0.3, 0.4) is 0 Å². The number of Topliss-reactive ketones (excluding diaryl/α,β-unsaturated/α-hetero) is 1. The highest BCUT2D eigenvalue weighted by atomic mass is 32.2. The molecular formula is C28H32N4O3S. The molecule has 0 saturated carbocycles. The van der Waals surface area contributed by atoms with E-state index in [1.807, 2.05) is 71.0 Å². The number of aliphatic carboxylic acids is 1. The molecule has 1 aliphatic rings. The summed E-state index contributed by atoms with van der Waals surface area (Å²) < 4.78 is 0. The molecular weight excluding hydrogens is 472 g/mol. The molecule has 1 aliphatic carbocycles. The van der Waals surface area contributed by atoms with Gasteiger partial charge in [0.05, 0.1) is 10.3 Å². The van der Waals surface area contributed by atoms with Crippen LogP contribution < -0.4 is 10.6 Å². The van der Waals surface area contributed by atoms with Gasteiger partial charge < -0.3 is 15.7 Å². The van der Waals surface area contributed by atoms with E-state index in [-0.39, 0.29) is 17.0 Å². The number of thioether (sulfide) groups is 1. The Balaban J connectivity index is 1.58. The minimum Gasteiger partial charge on any atom is -0.480 e. The second kappa shape index (κ2) is 10.3. The van der Waals surface area contributed by atoms with E-state index < -0.39 is 17.4 Å². The number of nitrogens with one attached hydrogen (secondary N) is 2. The molecule has 1 unspecified atom stereocenters. The van der Waals surface area contributed by atoms with E-state index in [1.54, 1.807) is 18.6 Å². The zero-order valence-corrected chi connectivity index (χ0v) is 22.0. The summed E-state index contributed by atoms with van der Waals surface area (Å²) >= 11 is 1.49. The van der Waals surface area contributed by atoms with Crippen LogP contribution >= 0.6 is 11.8 Å². The molecule has 0 saturated heterocycles. The van der Waals surface area contributed by atoms with Crippen molar-refractivity contribution in [3.05, 3.63) is 71.2 Å². The second-order valence-electron chi connectivity index (χ2n) is 9.80. The zero-order chi connectivity index (χ0) is 26.0. The fraction of sp³-hybridized carbons (Fsp3) is 0.357. The summed E-state index contributed by atoms with van der Waals surface area (Å²) in [6.07, 6.45) is 5.91. The summed E-state index contributed by atoms with van der Waals surface area (Å²) in [6.45, 7) is 9.73. The van der Waals surface area contributed by atoms with Crippen molar-refractivity contribution in [3.8, 4) is 0 Å². The van der Waals surface area contributed by atoms with Crippen LogP contribution in [0.1, 0.15) is 52.5 Å². The van der Waals surface area contributed by atoms with Crippen LogP contribution in [0.4, 0.5) is 11.5 Å². The quantitative estimate of drug-likeness (QED) is 0.315. The largest absolute Gasteiger partial charge is 0.480 e. The summed E-state index contributed by atoms with van der Waals surface area (Å²) in [6, 6.07) is 10.8. The number of carboxylic acid groups (broad SMARTS) is 1. The van der Waals surface area contributed by atoms with Crippen LogP contribution in [0.15, 0.2) is 65.6 Å². The van der Waals surface area contributed by atoms with Crippen molar-refractivity contribution in [2.75, 3.05) is 5.32 Å². The van der Waals surface area contributed by atoms with Gasteiger partial charge in [-0.25, -0.2) is 9.78 Å². The highest BCUT2D eigenvalue weighted by molar-refractivity contribution is 8.04. The van der Waals surface area contributed by atoms with Crippen LogP contribution in [0.2, 0.25) is 0 Å². The zero-order valence-electron chi connectivity index (χ0n) is 21.2. The number of anilines is 2. The molecule has 2 atom stereocenters. The Labute approximate surface area is 215 Å². The molecule has 3 N–H and O–H groups in total. The molecule has 1 aromatic carbocycles. The average molecular weight is 505 g/mol. The van der Waals surface area contributed by atoms with Gasteiger partial charge in [-0.15, -0.1) is 11.8 Å². The topological polar surface area (TPSA) is 104 Å². The summed E-state index contributed by atoms with van der Waals surface area (Å²) in [5.74, 6) is -0.438. The third kappa shape index (κ3) is 4.95. The molecule has 0 spiro atoms. The Morgan fingerprint density at radius 1 is 1.11 bits per heavy atom. The maximum Gasteiger partial charge on any atom is 0.326 e. The molecule has 0 aliphatic heterocycles. The number of carbonyl (C=O) groups excluding carboxylic acids is 1. The lowest BCUT2D eigenvalue weighted by Crippen LogP contribution is -2.51. The minimum absolute atomic E-state index is 0.0635. The lowest BCUT2D eigenvalue weighted by atomic mass is 9.73. The standard InChI is InChI=1S/C28H32N4O3S/c1-6-20(22(27(34)35)32-24-23(36-16(2)3)25(33)28(24,4)5)17-7-9-19(10-8-17)31-26-21-15-29-13-11-18(21)12-14-30-26/h7-16,20,22,32H,6H2,1-5H3,(H,30,31)(H,34,35)/t20?,22-/m0/s1. The van der Waals surface area contributed by atoms with Gasteiger partial charge >= 0.3 is 5.97 Å². The first-order valence-corrected chi connectivity index (χ1v) is 13.0. The number of hydrogen-bond donors (Lipinski definition) is 3. The number of fused-ring (bicyclic) bond motifs is 1. The third-order valence-electron chi connectivity index (χ3n) is 6.56. The molecule has 2 aromatic heterocycles. The number of allylic oxidation sites excluding steroid dienone is 2. The van der Waals surface area contributed by atoms with Gasteiger partial charge in [0.1, 0.15) is 11.9 Å². The predicted molar refractivity (Wildman–Crippen MR) is 145 cm³/mol. The van der Waals surface area contributed by atoms with Crippen LogP contribution in [0.5, 0.6) is 0 Å². The fourth-order valence-corrected chi connectivity index (χ4v) is 5.81. The average Bonchev–Trinajstić information content (AvgIpc) is 2.85. The smallest absolute Gasteiger partial charge is 0.326 e. The highest BCUT2D eigenvalue weighted by Gasteiger charge is 2.48. The van der Waals surface area contributed by atoms with E-state index in [0.29, 0.717) is 17.1 Å². The maximum atomic E-state index is 12.7. The normalized spacial score (nSPS) is 16.6. The number of pyridine rings is 2. The monoisotopic (exact) mass is 504 g/mol. The Morgan fingerprint density at radius 2 is 1.81 bits per heavy atom. The maximum absolute atomic E-state index is 12.7. The van der Waals surface area contributed by atoms with Gasteiger partial charge in [-0.05, 0) is 55.5 Å². The fourth-order valence-electron chi connectivity index (χ4n) is 4.54. The van der Waals surface area contributed by atoms with E-state index in [4.69, 9.17) is 0 Å². The van der Waals surface area contributed by atoms with Gasteiger partial charge in [-0.3, -0.25) is 9.78 Å². The number of carbonyl (C=O) groups is 2. The van der Waals surface area contributed by atoms with Crippen LogP contribution in [-0.2, 0) is 9.59 Å². The second-order valence-corrected chi connectivity index (χ2v) is 11.4. The number of nitrogens with zero attached hydrogens (tertiary/aromatic N) is 2. The first-order valence-electron chi connectivity index (χ1n) is 12.1. The highest BCUT2D eigenvalue weighted by Crippen LogP contribution is 2.47. The van der Waals surface area contributed by atoms with Crippen molar-refractivity contribution in [1.82, 2.24) is 15.3 Å². The van der Waals surface area contributed by atoms with Crippen LogP contribution in [-0.4, -0.2) is 38.1 Å². The van der Waals surface area contributed by atoms with Crippen LogP contribution in [0, 0.1) is 5.41 Å². The summed E-state index contributed by atoms with van der Waals surface area (Å²) in [4.78, 5) is 34.4. The van der Waals surface area contributed by atoms with Gasteiger partial charge in [-0.1, -0.05) is 32.9 Å². The molecule has 0 radical (unpaired) electrons. The van der Waals surface area contributed by atoms with Crippen molar-refractivity contribution in [3.63, 3.8) is 0 Å². The lowest BCUT2D eigenvalue weighted by molar-refractivity contribution is -0.140. The molecule has 7 nitrogen and oxygen atoms in total. The number of benzene rings is 1. The van der Waals surface area contributed by atoms with Gasteiger partial charge in [-0.2, -0.15) is 0 Å². The third-order valence-corrected chi connectivity index (χ3v) is 7.65. The number of rotatable bonds is 10. The van der Waals surface area contributed by atoms with E-state index in [1.165, 1.54) is 11.8 Å². The molecule has 8 heteroatoms. The van der Waals surface area contributed by atoms with Crippen molar-refractivity contribution in [2.24, 2.45) is 5.41 Å². The van der Waals surface area contributed by atoms with Gasteiger partial charge in [0.15, 0.2) is 5.78 Å². The lowest BCUT2D eigenvalue weighted by Gasteiger charge is -2.41. The van der Waals surface area contributed by atoms with E-state index in [0.717, 1.165) is 27.7 Å². The first-order chi connectivity index (χ1) is 17.1. The predicted octanol–water partition coefficient (Wildman–Crippen LogP) is 5.87. The molecule has 0 amide bonds. The van der Waals surface area contributed by atoms with Gasteiger partial charge in [0, 0.05) is 46.5 Å². The van der Waals surface area contributed by atoms with Crippen LogP contribution in [0.25, 0.3) is 10.8 Å². The molecule has 188 valence electrons. The Kier molecular flexibility index (Phi) is 7.36. The van der Waals surface area contributed by atoms with E-state index in [9.17, 15) is 14.7 Å². The summed E-state index contributed by atoms with van der Waals surface area (Å²) in [5.41, 5.74) is 1.78. The number of carboxylic acids is 1. The van der Waals surface area contributed by atoms with Crippen molar-refractivity contribution < 1.29 is 14.7 Å². The van der Waals surface area contributed by atoms with E-state index in [2.05, 4.69) is 20.6 Å². The van der Waals surface area contributed by atoms with Crippen molar-refractivity contribution in [1.29, 1.82) is 0 Å². The summed E-state index contributed by atoms with van der Waals surface area (Å²) in [5, 5.41) is 19.0. The Morgan fingerprint density at radius 3 is 2.44 bits per heavy atom. The van der Waals surface area contributed by atoms with Crippen molar-refractivity contribution >= 4 is 45.8 Å². The molecule has 0 bridgehead atoms. The Bertz CT molecular complexity index is 1310. The summed E-state index contributed by atoms with van der Waals surface area (Å²) in [7, 11) is 0. The molecule has 36 heavy (non-hydrogen) atoms. The molecule has 0 fully saturated rings. The van der Waals surface area contributed by atoms with Crippen molar-refractivity contribution in [2.45, 2.75) is 58.2 Å². The SMILES string of the molecule is CCC(c1ccc(Nc2nccc3ccncc23)cc1)[C@H](NC1=C(SC(C)C)C(=O)C1(C)C)C(=O)O. The van der Waals surface area contributed by atoms with E-state index >= 15 is 0 Å². The first kappa shape index (κ1) is 25.7. The Hall–Kier alpha value is -3.39. The number of hydrogen-bond acceptors (Lipinski definition) is 7. The van der Waals surface area contributed by atoms with Gasteiger partial charge in [0.2, 0.25) is 0 Å². The number of ketones is 1.